The fraction of sp³-hybridized carbons (Fsp3) is 0.250. The summed E-state index contributed by atoms with van der Waals surface area (Å²) in [6, 6.07) is 2.73. The molecule has 1 aromatic heterocycles. The molecule has 0 aliphatic heterocycles. The summed E-state index contributed by atoms with van der Waals surface area (Å²) in [5, 5.41) is 1.61. The Kier molecular flexibility index (Phi) is 4.05. The standard InChI is InChI=1S/C8H5F4IN2O/c9-6(10)8(11,12)7(16)15-5-2-1-4(13)3-14-5/h1-3,6H,(H,14,15,16). The predicted molar refractivity (Wildman–Crippen MR) is 56.5 cm³/mol. The van der Waals surface area contributed by atoms with Gasteiger partial charge in [-0.05, 0) is 34.7 Å². The summed E-state index contributed by atoms with van der Waals surface area (Å²) < 4.78 is 49.3. The van der Waals surface area contributed by atoms with E-state index < -0.39 is 18.3 Å². The number of hydrogen-bond donors (Lipinski definition) is 1. The number of alkyl halides is 4. The van der Waals surface area contributed by atoms with Crippen LogP contribution in [0, 0.1) is 3.57 Å². The summed E-state index contributed by atoms with van der Waals surface area (Å²) in [5.74, 6) is -6.99. The van der Waals surface area contributed by atoms with E-state index in [9.17, 15) is 22.4 Å². The average Bonchev–Trinajstić information content (AvgIpc) is 2.21. The first-order valence-electron chi connectivity index (χ1n) is 3.93. The van der Waals surface area contributed by atoms with E-state index >= 15 is 0 Å². The molecule has 0 aliphatic carbocycles. The number of carbonyl (C=O) groups excluding carboxylic acids is 1. The van der Waals surface area contributed by atoms with Crippen molar-refractivity contribution in [3.05, 3.63) is 21.9 Å². The molecule has 0 aromatic carbocycles. The van der Waals surface area contributed by atoms with Crippen LogP contribution in [0.5, 0.6) is 0 Å². The van der Waals surface area contributed by atoms with E-state index in [-0.39, 0.29) is 5.82 Å². The molecule has 8 heteroatoms. The Morgan fingerprint density at radius 3 is 2.50 bits per heavy atom. The molecule has 0 saturated carbocycles. The lowest BCUT2D eigenvalue weighted by molar-refractivity contribution is -0.163. The van der Waals surface area contributed by atoms with Crippen molar-refractivity contribution in [3.63, 3.8) is 0 Å². The van der Waals surface area contributed by atoms with Gasteiger partial charge in [0.2, 0.25) is 0 Å². The Bertz CT molecular complexity index is 382. The van der Waals surface area contributed by atoms with Gasteiger partial charge in [0, 0.05) is 9.77 Å². The fourth-order valence-electron chi connectivity index (χ4n) is 0.749. The van der Waals surface area contributed by atoms with Crippen molar-refractivity contribution in [2.24, 2.45) is 0 Å². The minimum Gasteiger partial charge on any atom is -0.305 e. The van der Waals surface area contributed by atoms with E-state index in [1.165, 1.54) is 18.3 Å². The van der Waals surface area contributed by atoms with Gasteiger partial charge >= 0.3 is 18.3 Å². The number of carbonyl (C=O) groups is 1. The molecule has 1 aromatic rings. The molecule has 0 unspecified atom stereocenters. The van der Waals surface area contributed by atoms with Gasteiger partial charge in [-0.1, -0.05) is 0 Å². The molecule has 0 spiro atoms. The largest absolute Gasteiger partial charge is 0.383 e. The number of nitrogens with zero attached hydrogens (tertiary/aromatic N) is 1. The van der Waals surface area contributed by atoms with Gasteiger partial charge in [-0.2, -0.15) is 8.78 Å². The van der Waals surface area contributed by atoms with Gasteiger partial charge in [0.05, 0.1) is 0 Å². The van der Waals surface area contributed by atoms with Crippen LogP contribution in [0.3, 0.4) is 0 Å². The first kappa shape index (κ1) is 13.1. The van der Waals surface area contributed by atoms with E-state index in [2.05, 4.69) is 4.98 Å². The molecule has 0 fully saturated rings. The third kappa shape index (κ3) is 3.03. The predicted octanol–water partition coefficient (Wildman–Crippen LogP) is 2.53. The number of amides is 1. The maximum atomic E-state index is 12.5. The van der Waals surface area contributed by atoms with E-state index in [0.717, 1.165) is 3.57 Å². The second-order valence-electron chi connectivity index (χ2n) is 2.74. The van der Waals surface area contributed by atoms with Gasteiger partial charge in [0.15, 0.2) is 0 Å². The molecule has 3 nitrogen and oxygen atoms in total. The number of halogens is 5. The van der Waals surface area contributed by atoms with Crippen LogP contribution >= 0.6 is 22.6 Å². The van der Waals surface area contributed by atoms with Gasteiger partial charge < -0.3 is 5.32 Å². The van der Waals surface area contributed by atoms with Crippen LogP contribution in [0.25, 0.3) is 0 Å². The van der Waals surface area contributed by atoms with Crippen LogP contribution in [0.15, 0.2) is 18.3 Å². The smallest absolute Gasteiger partial charge is 0.305 e. The third-order valence-corrected chi connectivity index (χ3v) is 2.18. The zero-order valence-corrected chi connectivity index (χ0v) is 9.71. The summed E-state index contributed by atoms with van der Waals surface area (Å²) in [7, 11) is 0. The van der Waals surface area contributed by atoms with Gasteiger partial charge in [-0.15, -0.1) is 0 Å². The van der Waals surface area contributed by atoms with Gasteiger partial charge in [0.1, 0.15) is 5.82 Å². The zero-order chi connectivity index (χ0) is 12.3. The van der Waals surface area contributed by atoms with Crippen LogP contribution in [0.2, 0.25) is 0 Å². The minimum absolute atomic E-state index is 0.203. The van der Waals surface area contributed by atoms with Gasteiger partial charge in [-0.25, -0.2) is 13.8 Å². The first-order valence-corrected chi connectivity index (χ1v) is 5.01. The summed E-state index contributed by atoms with van der Waals surface area (Å²) in [6.45, 7) is 0. The van der Waals surface area contributed by atoms with Crippen LogP contribution < -0.4 is 5.32 Å². The number of rotatable bonds is 3. The van der Waals surface area contributed by atoms with Crippen molar-refractivity contribution in [2.75, 3.05) is 5.32 Å². The lowest BCUT2D eigenvalue weighted by Gasteiger charge is -2.14. The second-order valence-corrected chi connectivity index (χ2v) is 3.99. The van der Waals surface area contributed by atoms with Crippen molar-refractivity contribution in [1.29, 1.82) is 0 Å². The Morgan fingerprint density at radius 1 is 1.44 bits per heavy atom. The highest BCUT2D eigenvalue weighted by Crippen LogP contribution is 2.24. The third-order valence-electron chi connectivity index (χ3n) is 1.55. The molecule has 1 heterocycles. The van der Waals surface area contributed by atoms with Crippen LogP contribution in [0.4, 0.5) is 23.4 Å². The molecule has 16 heavy (non-hydrogen) atoms. The number of aromatic nitrogens is 1. The summed E-state index contributed by atoms with van der Waals surface area (Å²) in [5.41, 5.74) is 0. The normalized spacial score (nSPS) is 11.6. The molecule has 1 N–H and O–H groups in total. The van der Waals surface area contributed by atoms with E-state index in [1.54, 1.807) is 5.32 Å². The van der Waals surface area contributed by atoms with Crippen LogP contribution in [0.1, 0.15) is 0 Å². The van der Waals surface area contributed by atoms with Crippen molar-refractivity contribution in [1.82, 2.24) is 4.98 Å². The molecule has 1 amide bonds. The van der Waals surface area contributed by atoms with Gasteiger partial charge in [-0.3, -0.25) is 4.79 Å². The number of nitrogens with one attached hydrogen (secondary N) is 1. The van der Waals surface area contributed by atoms with Crippen LogP contribution in [-0.4, -0.2) is 23.2 Å². The Morgan fingerprint density at radius 2 is 2.06 bits per heavy atom. The highest BCUT2D eigenvalue weighted by atomic mass is 127. The Balaban J connectivity index is 2.75. The molecule has 1 rings (SSSR count). The molecule has 88 valence electrons. The topological polar surface area (TPSA) is 42.0 Å². The fourth-order valence-corrected chi connectivity index (χ4v) is 1.07. The lowest BCUT2D eigenvalue weighted by Crippen LogP contribution is -2.41. The molecule has 0 atom stereocenters. The highest BCUT2D eigenvalue weighted by molar-refractivity contribution is 14.1. The molecular formula is C8H5F4IN2O. The maximum absolute atomic E-state index is 12.5. The monoisotopic (exact) mass is 348 g/mol. The SMILES string of the molecule is O=C(Nc1ccc(I)cn1)C(F)(F)C(F)F. The summed E-state index contributed by atoms with van der Waals surface area (Å²) >= 11 is 1.91. The lowest BCUT2D eigenvalue weighted by atomic mass is 10.3. The summed E-state index contributed by atoms with van der Waals surface area (Å²) in [4.78, 5) is 14.4. The Labute approximate surface area is 101 Å². The molecule has 0 saturated heterocycles. The second kappa shape index (κ2) is 4.93. The number of anilines is 1. The number of hydrogen-bond acceptors (Lipinski definition) is 2. The van der Waals surface area contributed by atoms with Crippen molar-refractivity contribution < 1.29 is 22.4 Å². The summed E-state index contributed by atoms with van der Waals surface area (Å²) in [6.07, 6.45) is -2.74. The molecule has 0 radical (unpaired) electrons. The molecule has 0 aliphatic rings. The quantitative estimate of drug-likeness (QED) is 0.674. The Hall–Kier alpha value is -0.930. The average molecular weight is 348 g/mol. The van der Waals surface area contributed by atoms with Crippen molar-refractivity contribution >= 4 is 34.3 Å². The van der Waals surface area contributed by atoms with Gasteiger partial charge in [0.25, 0.3) is 0 Å². The molecular weight excluding hydrogens is 343 g/mol. The highest BCUT2D eigenvalue weighted by Gasteiger charge is 2.49. The minimum atomic E-state index is -4.72. The molecule has 0 bridgehead atoms. The van der Waals surface area contributed by atoms with Crippen molar-refractivity contribution in [2.45, 2.75) is 12.3 Å². The van der Waals surface area contributed by atoms with Crippen LogP contribution in [-0.2, 0) is 4.79 Å². The van der Waals surface area contributed by atoms with E-state index in [0.29, 0.717) is 0 Å². The van der Waals surface area contributed by atoms with E-state index in [1.807, 2.05) is 22.6 Å². The van der Waals surface area contributed by atoms with E-state index in [4.69, 9.17) is 0 Å². The number of pyridine rings is 1. The maximum Gasteiger partial charge on any atom is 0.383 e. The van der Waals surface area contributed by atoms with Crippen molar-refractivity contribution in [3.8, 4) is 0 Å². The zero-order valence-electron chi connectivity index (χ0n) is 7.55. The first-order chi connectivity index (χ1) is 7.34.